The van der Waals surface area contributed by atoms with E-state index in [0.717, 1.165) is 18.5 Å². The number of hydrogen-bond donors (Lipinski definition) is 2. The summed E-state index contributed by atoms with van der Waals surface area (Å²) in [6.07, 6.45) is 2.98. The van der Waals surface area contributed by atoms with E-state index in [2.05, 4.69) is 10.3 Å². The lowest BCUT2D eigenvalue weighted by Gasteiger charge is -2.11. The van der Waals surface area contributed by atoms with Crippen molar-refractivity contribution < 1.29 is 13.2 Å². The zero-order chi connectivity index (χ0) is 13.2. The van der Waals surface area contributed by atoms with E-state index in [1.165, 1.54) is 12.3 Å². The molecule has 1 saturated heterocycles. The Bertz CT molecular complexity index is 533. The van der Waals surface area contributed by atoms with Crippen molar-refractivity contribution in [3.05, 3.63) is 23.9 Å². The third-order valence-electron chi connectivity index (χ3n) is 2.77. The van der Waals surface area contributed by atoms with Crippen LogP contribution in [0.2, 0.25) is 0 Å². The highest BCUT2D eigenvalue weighted by Crippen LogP contribution is 2.09. The Morgan fingerprint density at radius 3 is 2.83 bits per heavy atom. The average Bonchev–Trinajstić information content (AvgIpc) is 2.82. The first-order chi connectivity index (χ1) is 8.49. The minimum absolute atomic E-state index is 0.139. The standard InChI is InChI=1S/C11H15N3O3S/c1-8-4-5-10(13-7-8)18(16,17)14-11(15)9-3-2-6-12-9/h4-5,7,9,12H,2-3,6H2,1H3,(H,14,15)/t9-/m1/s1. The van der Waals surface area contributed by atoms with Crippen molar-refractivity contribution in [1.82, 2.24) is 15.0 Å². The molecule has 6 nitrogen and oxygen atoms in total. The minimum Gasteiger partial charge on any atom is -0.306 e. The molecule has 7 heteroatoms. The maximum Gasteiger partial charge on any atom is 0.281 e. The Morgan fingerprint density at radius 2 is 2.28 bits per heavy atom. The zero-order valence-electron chi connectivity index (χ0n) is 10.0. The van der Waals surface area contributed by atoms with Gasteiger partial charge in [0, 0.05) is 6.20 Å². The maximum absolute atomic E-state index is 11.9. The molecule has 18 heavy (non-hydrogen) atoms. The fourth-order valence-corrected chi connectivity index (χ4v) is 2.73. The number of amides is 1. The number of carbonyl (C=O) groups is 1. The van der Waals surface area contributed by atoms with E-state index in [9.17, 15) is 13.2 Å². The minimum atomic E-state index is -3.86. The smallest absolute Gasteiger partial charge is 0.281 e. The van der Waals surface area contributed by atoms with Crippen LogP contribution in [0.5, 0.6) is 0 Å². The lowest BCUT2D eigenvalue weighted by Crippen LogP contribution is -2.43. The summed E-state index contributed by atoms with van der Waals surface area (Å²) in [5, 5.41) is 2.80. The third-order valence-corrected chi connectivity index (χ3v) is 4.03. The third kappa shape index (κ3) is 2.85. The second-order valence-electron chi connectivity index (χ2n) is 4.29. The van der Waals surface area contributed by atoms with E-state index < -0.39 is 22.0 Å². The molecule has 0 unspecified atom stereocenters. The Balaban J connectivity index is 2.11. The molecule has 1 atom stereocenters. The molecular weight excluding hydrogens is 254 g/mol. The zero-order valence-corrected chi connectivity index (χ0v) is 10.8. The Morgan fingerprint density at radius 1 is 1.50 bits per heavy atom. The highest BCUT2D eigenvalue weighted by Gasteiger charge is 2.27. The van der Waals surface area contributed by atoms with Crippen LogP contribution >= 0.6 is 0 Å². The molecule has 0 bridgehead atoms. The lowest BCUT2D eigenvalue weighted by molar-refractivity contribution is -0.121. The summed E-state index contributed by atoms with van der Waals surface area (Å²) in [6.45, 7) is 2.55. The number of rotatable bonds is 3. The normalized spacial score (nSPS) is 19.7. The van der Waals surface area contributed by atoms with Crippen LogP contribution in [0.25, 0.3) is 0 Å². The lowest BCUT2D eigenvalue weighted by atomic mass is 10.2. The summed E-state index contributed by atoms with van der Waals surface area (Å²) < 4.78 is 25.8. The van der Waals surface area contributed by atoms with Crippen LogP contribution in [0.15, 0.2) is 23.4 Å². The SMILES string of the molecule is Cc1ccc(S(=O)(=O)NC(=O)[C@H]2CCCN2)nc1. The van der Waals surface area contributed by atoms with Gasteiger partial charge in [0.05, 0.1) is 6.04 Å². The van der Waals surface area contributed by atoms with Crippen molar-refractivity contribution >= 4 is 15.9 Å². The molecule has 1 aromatic rings. The van der Waals surface area contributed by atoms with E-state index in [1.807, 2.05) is 11.6 Å². The number of nitrogens with zero attached hydrogens (tertiary/aromatic N) is 1. The van der Waals surface area contributed by atoms with E-state index in [0.29, 0.717) is 6.42 Å². The summed E-state index contributed by atoms with van der Waals surface area (Å²) in [5.74, 6) is -0.519. The van der Waals surface area contributed by atoms with Gasteiger partial charge in [-0.25, -0.2) is 9.71 Å². The van der Waals surface area contributed by atoms with Crippen molar-refractivity contribution in [2.24, 2.45) is 0 Å². The maximum atomic E-state index is 11.9. The topological polar surface area (TPSA) is 88.2 Å². The van der Waals surface area contributed by atoms with E-state index >= 15 is 0 Å². The molecule has 1 aliphatic rings. The highest BCUT2D eigenvalue weighted by atomic mass is 32.2. The molecule has 1 fully saturated rings. The molecule has 0 aromatic carbocycles. The van der Waals surface area contributed by atoms with Crippen molar-refractivity contribution in [3.63, 3.8) is 0 Å². The first-order valence-corrected chi connectivity index (χ1v) is 7.20. The van der Waals surface area contributed by atoms with Crippen LogP contribution < -0.4 is 10.0 Å². The fraction of sp³-hybridized carbons (Fsp3) is 0.455. The van der Waals surface area contributed by atoms with Crippen molar-refractivity contribution in [1.29, 1.82) is 0 Å². The van der Waals surface area contributed by atoms with Gasteiger partial charge in [0.25, 0.3) is 15.9 Å². The Hall–Kier alpha value is -1.47. The molecule has 1 amide bonds. The largest absolute Gasteiger partial charge is 0.306 e. The molecular formula is C11H15N3O3S. The van der Waals surface area contributed by atoms with Gasteiger partial charge in [0.15, 0.2) is 5.03 Å². The molecule has 2 heterocycles. The van der Waals surface area contributed by atoms with Crippen LogP contribution in [0, 0.1) is 6.92 Å². The summed E-state index contributed by atoms with van der Waals surface area (Å²) in [6, 6.07) is 2.59. The average molecular weight is 269 g/mol. The predicted molar refractivity (Wildman–Crippen MR) is 65.3 cm³/mol. The number of pyridine rings is 1. The van der Waals surface area contributed by atoms with Crippen LogP contribution in [-0.4, -0.2) is 31.9 Å². The highest BCUT2D eigenvalue weighted by molar-refractivity contribution is 7.90. The monoisotopic (exact) mass is 269 g/mol. The summed E-state index contributed by atoms with van der Waals surface area (Å²) in [7, 11) is -3.86. The summed E-state index contributed by atoms with van der Waals surface area (Å²) in [5.41, 5.74) is 0.859. The van der Waals surface area contributed by atoms with Gasteiger partial charge in [0.1, 0.15) is 0 Å². The van der Waals surface area contributed by atoms with Gasteiger partial charge in [-0.2, -0.15) is 8.42 Å². The van der Waals surface area contributed by atoms with Gasteiger partial charge in [-0.3, -0.25) is 4.79 Å². The number of aromatic nitrogens is 1. The van der Waals surface area contributed by atoms with Gasteiger partial charge >= 0.3 is 0 Å². The predicted octanol–water partition coefficient (Wildman–Crippen LogP) is -0.0531. The molecule has 0 aliphatic carbocycles. The number of carbonyl (C=O) groups excluding carboxylic acids is 1. The second kappa shape index (κ2) is 5.03. The first-order valence-electron chi connectivity index (χ1n) is 5.72. The molecule has 2 N–H and O–H groups in total. The molecule has 2 rings (SSSR count). The van der Waals surface area contributed by atoms with Crippen molar-refractivity contribution in [2.45, 2.75) is 30.8 Å². The summed E-state index contributed by atoms with van der Waals surface area (Å²) >= 11 is 0. The van der Waals surface area contributed by atoms with Gasteiger partial charge in [-0.15, -0.1) is 0 Å². The number of hydrogen-bond acceptors (Lipinski definition) is 5. The van der Waals surface area contributed by atoms with Crippen LogP contribution in [0.3, 0.4) is 0 Å². The molecule has 1 aromatic heterocycles. The quantitative estimate of drug-likeness (QED) is 0.803. The Kier molecular flexibility index (Phi) is 3.63. The van der Waals surface area contributed by atoms with E-state index in [1.54, 1.807) is 6.07 Å². The first kappa shape index (κ1) is 13.0. The fourth-order valence-electron chi connectivity index (χ4n) is 1.78. The van der Waals surface area contributed by atoms with Crippen molar-refractivity contribution in [3.8, 4) is 0 Å². The molecule has 0 saturated carbocycles. The van der Waals surface area contributed by atoms with Crippen LogP contribution in [0.4, 0.5) is 0 Å². The van der Waals surface area contributed by atoms with Gasteiger partial charge < -0.3 is 5.32 Å². The number of sulfonamides is 1. The van der Waals surface area contributed by atoms with Crippen LogP contribution in [0.1, 0.15) is 18.4 Å². The Labute approximate surface area is 106 Å². The van der Waals surface area contributed by atoms with Gasteiger partial charge in [-0.1, -0.05) is 6.07 Å². The molecule has 0 radical (unpaired) electrons. The van der Waals surface area contributed by atoms with E-state index in [4.69, 9.17) is 0 Å². The van der Waals surface area contributed by atoms with Crippen LogP contribution in [-0.2, 0) is 14.8 Å². The number of nitrogens with one attached hydrogen (secondary N) is 2. The summed E-state index contributed by atoms with van der Waals surface area (Å²) in [4.78, 5) is 15.5. The molecule has 1 aliphatic heterocycles. The van der Waals surface area contributed by atoms with Crippen molar-refractivity contribution in [2.75, 3.05) is 6.54 Å². The number of aryl methyl sites for hydroxylation is 1. The van der Waals surface area contributed by atoms with Gasteiger partial charge in [-0.05, 0) is 37.9 Å². The van der Waals surface area contributed by atoms with Gasteiger partial charge in [0.2, 0.25) is 0 Å². The second-order valence-corrected chi connectivity index (χ2v) is 5.92. The molecule has 98 valence electrons. The molecule has 0 spiro atoms. The van der Waals surface area contributed by atoms with E-state index in [-0.39, 0.29) is 5.03 Å².